The van der Waals surface area contributed by atoms with Crippen LogP contribution in [0.5, 0.6) is 11.5 Å². The van der Waals surface area contributed by atoms with Gasteiger partial charge in [0.05, 0.1) is 17.9 Å². The van der Waals surface area contributed by atoms with Crippen LogP contribution in [0.3, 0.4) is 0 Å². The first-order chi connectivity index (χ1) is 16.0. The number of benzene rings is 1. The minimum atomic E-state index is -0.600. The molecule has 1 aliphatic rings. The first-order valence-corrected chi connectivity index (χ1v) is 11.7. The van der Waals surface area contributed by atoms with Crippen LogP contribution in [-0.4, -0.2) is 60.0 Å². The molecule has 4 rings (SSSR count). The number of carbonyl (C=O) groups excluding carboxylic acids is 1. The van der Waals surface area contributed by atoms with Crippen LogP contribution in [0, 0.1) is 0 Å². The van der Waals surface area contributed by atoms with Crippen molar-refractivity contribution in [1.29, 1.82) is 0 Å². The second kappa shape index (κ2) is 10.7. The molecule has 3 aromatic rings. The number of nitrogens with one attached hydrogen (secondary N) is 1. The standard InChI is InChI=1S/C24H28N6O2S/c1-17(25)24(31)28-22-6-3-7-23(27-22)33-19-8-9-20(30-13-11-29(2)12-14-30)21(15-19)32-18-5-4-10-26-16-18/h3-10,15-17H,11-14,25H2,1-2H3,(H,27,28,31). The molecule has 1 amide bonds. The Balaban J connectivity index is 1.57. The van der Waals surface area contributed by atoms with Crippen LogP contribution < -0.4 is 20.7 Å². The van der Waals surface area contributed by atoms with E-state index in [1.54, 1.807) is 25.4 Å². The Labute approximate surface area is 198 Å². The molecule has 0 saturated carbocycles. The fraction of sp³-hybridized carbons (Fsp3) is 0.292. The number of rotatable bonds is 7. The number of hydrogen-bond donors (Lipinski definition) is 2. The van der Waals surface area contributed by atoms with Crippen molar-refractivity contribution >= 4 is 29.2 Å². The highest BCUT2D eigenvalue weighted by molar-refractivity contribution is 7.99. The van der Waals surface area contributed by atoms with Gasteiger partial charge in [-0.05, 0) is 56.4 Å². The number of pyridine rings is 2. The monoisotopic (exact) mass is 464 g/mol. The summed E-state index contributed by atoms with van der Waals surface area (Å²) in [5, 5.41) is 3.50. The van der Waals surface area contributed by atoms with Crippen molar-refractivity contribution in [2.24, 2.45) is 5.73 Å². The average Bonchev–Trinajstić information content (AvgIpc) is 2.81. The number of ether oxygens (including phenoxy) is 1. The Morgan fingerprint density at radius 2 is 1.97 bits per heavy atom. The SMILES string of the molecule is CC(N)C(=O)Nc1cccc(Sc2ccc(N3CCN(C)CC3)c(Oc3cccnc3)c2)n1. The molecule has 1 aromatic carbocycles. The predicted molar refractivity (Wildman–Crippen MR) is 131 cm³/mol. The van der Waals surface area contributed by atoms with Crippen molar-refractivity contribution < 1.29 is 9.53 Å². The van der Waals surface area contributed by atoms with Crippen LogP contribution >= 0.6 is 11.8 Å². The number of amides is 1. The van der Waals surface area contributed by atoms with Crippen molar-refractivity contribution in [3.63, 3.8) is 0 Å². The van der Waals surface area contributed by atoms with Gasteiger partial charge >= 0.3 is 0 Å². The Morgan fingerprint density at radius 3 is 2.70 bits per heavy atom. The van der Waals surface area contributed by atoms with E-state index < -0.39 is 6.04 Å². The highest BCUT2D eigenvalue weighted by Gasteiger charge is 2.19. The van der Waals surface area contributed by atoms with E-state index in [4.69, 9.17) is 10.5 Å². The summed E-state index contributed by atoms with van der Waals surface area (Å²) in [6.45, 7) is 5.53. The number of piperazine rings is 1. The first-order valence-electron chi connectivity index (χ1n) is 10.8. The largest absolute Gasteiger partial charge is 0.454 e. The van der Waals surface area contributed by atoms with Gasteiger partial charge in [0.1, 0.15) is 16.6 Å². The molecule has 2 aromatic heterocycles. The summed E-state index contributed by atoms with van der Waals surface area (Å²) in [4.78, 5) is 26.3. The molecule has 1 fully saturated rings. The maximum atomic E-state index is 11.9. The number of nitrogens with zero attached hydrogens (tertiary/aromatic N) is 4. The lowest BCUT2D eigenvalue weighted by molar-refractivity contribution is -0.117. The van der Waals surface area contributed by atoms with E-state index in [0.29, 0.717) is 11.6 Å². The Morgan fingerprint density at radius 1 is 1.15 bits per heavy atom. The van der Waals surface area contributed by atoms with Crippen molar-refractivity contribution in [1.82, 2.24) is 14.9 Å². The summed E-state index contributed by atoms with van der Waals surface area (Å²) >= 11 is 1.50. The van der Waals surface area contributed by atoms with Gasteiger partial charge in [0.15, 0.2) is 5.75 Å². The third-order valence-corrected chi connectivity index (χ3v) is 6.17. The molecule has 1 atom stereocenters. The molecule has 1 saturated heterocycles. The normalized spacial score (nSPS) is 15.2. The highest BCUT2D eigenvalue weighted by atomic mass is 32.2. The van der Waals surface area contributed by atoms with Crippen molar-refractivity contribution in [3.8, 4) is 11.5 Å². The van der Waals surface area contributed by atoms with E-state index in [-0.39, 0.29) is 5.91 Å². The molecule has 8 nitrogen and oxygen atoms in total. The maximum Gasteiger partial charge on any atom is 0.242 e. The van der Waals surface area contributed by atoms with Gasteiger partial charge in [0, 0.05) is 37.3 Å². The first kappa shape index (κ1) is 23.0. The Bertz CT molecular complexity index is 1090. The topological polar surface area (TPSA) is 96.6 Å². The molecule has 1 aliphatic heterocycles. The van der Waals surface area contributed by atoms with Gasteiger partial charge in [0.2, 0.25) is 5.91 Å². The number of likely N-dealkylation sites (N-methyl/N-ethyl adjacent to an activating group) is 1. The Kier molecular flexibility index (Phi) is 7.43. The minimum Gasteiger partial charge on any atom is -0.454 e. The second-order valence-corrected chi connectivity index (χ2v) is 9.05. The van der Waals surface area contributed by atoms with Crippen molar-refractivity contribution in [2.75, 3.05) is 43.4 Å². The highest BCUT2D eigenvalue weighted by Crippen LogP contribution is 2.38. The third-order valence-electron chi connectivity index (χ3n) is 5.25. The summed E-state index contributed by atoms with van der Waals surface area (Å²) in [5.74, 6) is 1.67. The van der Waals surface area contributed by atoms with Crippen LogP contribution in [0.2, 0.25) is 0 Å². The number of anilines is 2. The number of nitrogens with two attached hydrogens (primary N) is 1. The molecule has 9 heteroatoms. The van der Waals surface area contributed by atoms with Gasteiger partial charge in [0.25, 0.3) is 0 Å². The quantitative estimate of drug-likeness (QED) is 0.549. The van der Waals surface area contributed by atoms with Crippen molar-refractivity contribution in [3.05, 3.63) is 60.9 Å². The van der Waals surface area contributed by atoms with E-state index in [0.717, 1.165) is 47.5 Å². The molecule has 3 N–H and O–H groups in total. The molecule has 33 heavy (non-hydrogen) atoms. The summed E-state index contributed by atoms with van der Waals surface area (Å²) < 4.78 is 6.25. The number of carbonyl (C=O) groups is 1. The summed E-state index contributed by atoms with van der Waals surface area (Å²) in [5.41, 5.74) is 6.70. The van der Waals surface area contributed by atoms with Crippen LogP contribution in [0.4, 0.5) is 11.5 Å². The minimum absolute atomic E-state index is 0.270. The second-order valence-electron chi connectivity index (χ2n) is 7.95. The zero-order valence-electron chi connectivity index (χ0n) is 18.8. The van der Waals surface area contributed by atoms with Gasteiger partial charge in [-0.2, -0.15) is 0 Å². The summed E-state index contributed by atoms with van der Waals surface area (Å²) in [6.07, 6.45) is 3.43. The fourth-order valence-electron chi connectivity index (χ4n) is 3.38. The van der Waals surface area contributed by atoms with Crippen LogP contribution in [-0.2, 0) is 4.79 Å². The zero-order valence-corrected chi connectivity index (χ0v) is 19.6. The number of aromatic nitrogens is 2. The molecule has 0 radical (unpaired) electrons. The Hall–Kier alpha value is -3.14. The van der Waals surface area contributed by atoms with Crippen molar-refractivity contribution in [2.45, 2.75) is 22.9 Å². The van der Waals surface area contributed by atoms with Crippen LogP contribution in [0.25, 0.3) is 0 Å². The fourth-order valence-corrected chi connectivity index (χ4v) is 4.22. The summed E-state index contributed by atoms with van der Waals surface area (Å²) in [7, 11) is 2.14. The molecule has 1 unspecified atom stereocenters. The lowest BCUT2D eigenvalue weighted by atomic mass is 10.2. The van der Waals surface area contributed by atoms with Gasteiger partial charge < -0.3 is 25.6 Å². The molecule has 0 aliphatic carbocycles. The maximum absolute atomic E-state index is 11.9. The van der Waals surface area contributed by atoms with E-state index in [9.17, 15) is 4.79 Å². The van der Waals surface area contributed by atoms with Crippen LogP contribution in [0.15, 0.2) is 70.8 Å². The molecule has 0 spiro atoms. The van der Waals surface area contributed by atoms with Gasteiger partial charge in [-0.15, -0.1) is 0 Å². The van der Waals surface area contributed by atoms with E-state index in [1.807, 2.05) is 30.3 Å². The average molecular weight is 465 g/mol. The van der Waals surface area contributed by atoms with E-state index >= 15 is 0 Å². The van der Waals surface area contributed by atoms with Gasteiger partial charge in [-0.1, -0.05) is 17.8 Å². The molecule has 172 valence electrons. The van der Waals surface area contributed by atoms with Gasteiger partial charge in [-0.3, -0.25) is 9.78 Å². The molecule has 3 heterocycles. The molecule has 0 bridgehead atoms. The zero-order chi connectivity index (χ0) is 23.2. The van der Waals surface area contributed by atoms with Crippen LogP contribution in [0.1, 0.15) is 6.92 Å². The van der Waals surface area contributed by atoms with E-state index in [2.05, 4.69) is 44.3 Å². The summed E-state index contributed by atoms with van der Waals surface area (Å²) in [6, 6.07) is 14.9. The third kappa shape index (κ3) is 6.22. The molecular formula is C24H28N6O2S. The number of hydrogen-bond acceptors (Lipinski definition) is 8. The predicted octanol–water partition coefficient (Wildman–Crippen LogP) is 3.46. The van der Waals surface area contributed by atoms with E-state index in [1.165, 1.54) is 11.8 Å². The molecular weight excluding hydrogens is 436 g/mol. The smallest absolute Gasteiger partial charge is 0.242 e. The lowest BCUT2D eigenvalue weighted by Gasteiger charge is -2.35. The van der Waals surface area contributed by atoms with Gasteiger partial charge in [-0.25, -0.2) is 4.98 Å². The lowest BCUT2D eigenvalue weighted by Crippen LogP contribution is -2.44.